The molecule has 0 aromatic rings. The Labute approximate surface area is 78.0 Å². The lowest BCUT2D eigenvalue weighted by Crippen LogP contribution is -2.32. The maximum absolute atomic E-state index is 11.4. The molecule has 1 atom stereocenters. The van der Waals surface area contributed by atoms with E-state index in [4.69, 9.17) is 9.47 Å². The molecule has 0 spiro atoms. The molecule has 0 aromatic carbocycles. The summed E-state index contributed by atoms with van der Waals surface area (Å²) in [6, 6.07) is 0. The minimum Gasteiger partial charge on any atom is -0.482 e. The highest BCUT2D eigenvalue weighted by molar-refractivity contribution is 5.77. The van der Waals surface area contributed by atoms with E-state index in [1.807, 2.05) is 20.8 Å². The van der Waals surface area contributed by atoms with Gasteiger partial charge in [0.05, 0.1) is 6.26 Å². The standard InChI is InChI=1S/C10H14O3/c1-10(2,3)13-9(11)8-6-4-5-7-12-8/h4-8H,1-3H3. The summed E-state index contributed by atoms with van der Waals surface area (Å²) >= 11 is 0. The first-order chi connectivity index (χ1) is 5.99. The van der Waals surface area contributed by atoms with Gasteiger partial charge < -0.3 is 9.47 Å². The van der Waals surface area contributed by atoms with Crippen LogP contribution in [-0.2, 0) is 14.3 Å². The van der Waals surface area contributed by atoms with E-state index in [1.165, 1.54) is 6.26 Å². The van der Waals surface area contributed by atoms with Crippen molar-refractivity contribution in [1.82, 2.24) is 0 Å². The third kappa shape index (κ3) is 3.32. The van der Waals surface area contributed by atoms with Gasteiger partial charge in [0.25, 0.3) is 0 Å². The van der Waals surface area contributed by atoms with Crippen molar-refractivity contribution in [3.05, 3.63) is 24.5 Å². The van der Waals surface area contributed by atoms with Crippen LogP contribution in [0, 0.1) is 0 Å². The molecule has 0 saturated carbocycles. The number of rotatable bonds is 1. The monoisotopic (exact) mass is 182 g/mol. The third-order valence-corrected chi connectivity index (χ3v) is 1.34. The summed E-state index contributed by atoms with van der Waals surface area (Å²) in [7, 11) is 0. The molecule has 1 aliphatic rings. The first-order valence-electron chi connectivity index (χ1n) is 4.21. The molecule has 1 aliphatic heterocycles. The first kappa shape index (κ1) is 9.84. The lowest BCUT2D eigenvalue weighted by atomic mass is 10.2. The van der Waals surface area contributed by atoms with Gasteiger partial charge in [0.2, 0.25) is 6.10 Å². The van der Waals surface area contributed by atoms with Gasteiger partial charge in [0, 0.05) is 0 Å². The number of hydrogen-bond donors (Lipinski definition) is 0. The average molecular weight is 182 g/mol. The molecule has 0 fully saturated rings. The molecule has 0 N–H and O–H groups in total. The van der Waals surface area contributed by atoms with E-state index >= 15 is 0 Å². The molecule has 0 amide bonds. The Morgan fingerprint density at radius 3 is 2.54 bits per heavy atom. The molecule has 1 heterocycles. The summed E-state index contributed by atoms with van der Waals surface area (Å²) in [5, 5.41) is 0. The van der Waals surface area contributed by atoms with Crippen LogP contribution in [0.4, 0.5) is 0 Å². The van der Waals surface area contributed by atoms with Crippen LogP contribution in [0.2, 0.25) is 0 Å². The third-order valence-electron chi connectivity index (χ3n) is 1.34. The van der Waals surface area contributed by atoms with Gasteiger partial charge in [0.1, 0.15) is 5.60 Å². The van der Waals surface area contributed by atoms with Crippen LogP contribution < -0.4 is 0 Å². The molecule has 1 rings (SSSR count). The minimum atomic E-state index is -0.593. The van der Waals surface area contributed by atoms with Gasteiger partial charge in [0.15, 0.2) is 0 Å². The van der Waals surface area contributed by atoms with Crippen LogP contribution in [0.15, 0.2) is 24.5 Å². The fraction of sp³-hybridized carbons (Fsp3) is 0.500. The van der Waals surface area contributed by atoms with Gasteiger partial charge in [-0.25, -0.2) is 4.79 Å². The Balaban J connectivity index is 2.49. The predicted molar refractivity (Wildman–Crippen MR) is 49.0 cm³/mol. The van der Waals surface area contributed by atoms with Crippen molar-refractivity contribution in [1.29, 1.82) is 0 Å². The van der Waals surface area contributed by atoms with E-state index < -0.39 is 11.7 Å². The Kier molecular flexibility index (Phi) is 2.76. The number of carbonyl (C=O) groups excluding carboxylic acids is 1. The quantitative estimate of drug-likeness (QED) is 0.580. The summed E-state index contributed by atoms with van der Waals surface area (Å²) in [4.78, 5) is 11.4. The zero-order valence-electron chi connectivity index (χ0n) is 8.11. The molecule has 3 nitrogen and oxygen atoms in total. The molecule has 13 heavy (non-hydrogen) atoms. The van der Waals surface area contributed by atoms with E-state index in [-0.39, 0.29) is 5.97 Å². The van der Waals surface area contributed by atoms with E-state index in [2.05, 4.69) is 0 Å². The molecule has 72 valence electrons. The smallest absolute Gasteiger partial charge is 0.351 e. The Bertz CT molecular complexity index is 245. The lowest BCUT2D eigenvalue weighted by Gasteiger charge is -2.22. The molecule has 0 saturated heterocycles. The molecule has 0 aromatic heterocycles. The largest absolute Gasteiger partial charge is 0.482 e. The highest BCUT2D eigenvalue weighted by Crippen LogP contribution is 2.12. The van der Waals surface area contributed by atoms with E-state index in [9.17, 15) is 4.79 Å². The van der Waals surface area contributed by atoms with Crippen molar-refractivity contribution in [3.8, 4) is 0 Å². The van der Waals surface area contributed by atoms with Gasteiger partial charge in [-0.3, -0.25) is 0 Å². The second-order valence-corrected chi connectivity index (χ2v) is 3.80. The van der Waals surface area contributed by atoms with E-state index in [0.717, 1.165) is 0 Å². The van der Waals surface area contributed by atoms with Gasteiger partial charge in [-0.05, 0) is 32.9 Å². The normalized spacial score (nSPS) is 21.0. The molecule has 1 unspecified atom stereocenters. The van der Waals surface area contributed by atoms with Crippen LogP contribution >= 0.6 is 0 Å². The van der Waals surface area contributed by atoms with Gasteiger partial charge in [-0.15, -0.1) is 0 Å². The number of hydrogen-bond acceptors (Lipinski definition) is 3. The van der Waals surface area contributed by atoms with E-state index in [1.54, 1.807) is 18.2 Å². The average Bonchev–Trinajstić information content (AvgIpc) is 2.03. The second kappa shape index (κ2) is 3.64. The second-order valence-electron chi connectivity index (χ2n) is 3.80. The SMILES string of the molecule is CC(C)(C)OC(=O)C1C=CC=CO1. The number of carbonyl (C=O) groups is 1. The molecule has 0 aliphatic carbocycles. The number of allylic oxidation sites excluding steroid dienone is 2. The summed E-state index contributed by atoms with van der Waals surface area (Å²) in [6.45, 7) is 5.48. The Morgan fingerprint density at radius 1 is 1.38 bits per heavy atom. The topological polar surface area (TPSA) is 35.5 Å². The summed E-state index contributed by atoms with van der Waals surface area (Å²) < 4.78 is 10.2. The summed E-state index contributed by atoms with van der Waals surface area (Å²) in [5.74, 6) is -0.354. The minimum absolute atomic E-state index is 0.354. The molecular weight excluding hydrogens is 168 g/mol. The Hall–Kier alpha value is -1.25. The molecular formula is C10H14O3. The summed E-state index contributed by atoms with van der Waals surface area (Å²) in [6.07, 6.45) is 6.03. The van der Waals surface area contributed by atoms with Crippen LogP contribution in [0.5, 0.6) is 0 Å². The maximum atomic E-state index is 11.4. The van der Waals surface area contributed by atoms with Crippen LogP contribution in [-0.4, -0.2) is 17.7 Å². The fourth-order valence-electron chi connectivity index (χ4n) is 0.880. The fourth-order valence-corrected chi connectivity index (χ4v) is 0.880. The first-order valence-corrected chi connectivity index (χ1v) is 4.21. The van der Waals surface area contributed by atoms with Crippen molar-refractivity contribution in [2.75, 3.05) is 0 Å². The van der Waals surface area contributed by atoms with Crippen molar-refractivity contribution in [2.45, 2.75) is 32.5 Å². The molecule has 0 radical (unpaired) electrons. The number of esters is 1. The van der Waals surface area contributed by atoms with E-state index in [0.29, 0.717) is 0 Å². The predicted octanol–water partition coefficient (Wildman–Crippen LogP) is 1.80. The maximum Gasteiger partial charge on any atom is 0.351 e. The van der Waals surface area contributed by atoms with Gasteiger partial charge >= 0.3 is 5.97 Å². The molecule has 0 bridgehead atoms. The van der Waals surface area contributed by atoms with Crippen molar-refractivity contribution in [2.24, 2.45) is 0 Å². The van der Waals surface area contributed by atoms with Gasteiger partial charge in [-0.2, -0.15) is 0 Å². The van der Waals surface area contributed by atoms with Gasteiger partial charge in [-0.1, -0.05) is 6.08 Å². The zero-order valence-corrected chi connectivity index (χ0v) is 8.11. The lowest BCUT2D eigenvalue weighted by molar-refractivity contribution is -0.162. The number of ether oxygens (including phenoxy) is 2. The van der Waals surface area contributed by atoms with Crippen molar-refractivity contribution >= 4 is 5.97 Å². The molecule has 3 heteroatoms. The van der Waals surface area contributed by atoms with Crippen LogP contribution in [0.3, 0.4) is 0 Å². The Morgan fingerprint density at radius 2 is 2.08 bits per heavy atom. The van der Waals surface area contributed by atoms with Crippen LogP contribution in [0.25, 0.3) is 0 Å². The van der Waals surface area contributed by atoms with Crippen LogP contribution in [0.1, 0.15) is 20.8 Å². The highest BCUT2D eigenvalue weighted by atomic mass is 16.6. The van der Waals surface area contributed by atoms with Crippen molar-refractivity contribution < 1.29 is 14.3 Å². The summed E-state index contributed by atoms with van der Waals surface area (Å²) in [5.41, 5.74) is -0.463. The van der Waals surface area contributed by atoms with Crippen molar-refractivity contribution in [3.63, 3.8) is 0 Å². The zero-order chi connectivity index (χ0) is 9.90. The highest BCUT2D eigenvalue weighted by Gasteiger charge is 2.24.